The Labute approximate surface area is 93.0 Å². The van der Waals surface area contributed by atoms with E-state index in [2.05, 4.69) is 15.5 Å². The third kappa shape index (κ3) is 2.77. The fourth-order valence-electron chi connectivity index (χ4n) is 1.72. The average Bonchev–Trinajstić information content (AvgIpc) is 2.76. The van der Waals surface area contributed by atoms with Crippen molar-refractivity contribution in [3.8, 4) is 0 Å². The number of nitrogens with two attached hydrogens (primary N) is 1. The van der Waals surface area contributed by atoms with Gasteiger partial charge in [0.15, 0.2) is 0 Å². The second-order valence-electron chi connectivity index (χ2n) is 3.96. The molecule has 0 saturated carbocycles. The molecule has 0 spiro atoms. The van der Waals surface area contributed by atoms with E-state index in [0.29, 0.717) is 12.4 Å². The molecule has 1 aromatic rings. The molecule has 1 atom stereocenters. The topological polar surface area (TPSA) is 97.3 Å². The Morgan fingerprint density at radius 1 is 1.69 bits per heavy atom. The standard InChI is InChI=1S/C9H15N5O2/c1-6-12-13-9(16-6)11-8(15)5-14-3-2-7(10)4-14/h7H,2-5,10H2,1H3,(H,11,13,15)/t7-/m1/s1. The molecule has 1 amide bonds. The first-order valence-electron chi connectivity index (χ1n) is 5.21. The van der Waals surface area contributed by atoms with E-state index in [1.54, 1.807) is 6.92 Å². The number of anilines is 1. The molecule has 0 radical (unpaired) electrons. The predicted octanol–water partition coefficient (Wildman–Crippen LogP) is -0.650. The van der Waals surface area contributed by atoms with Crippen LogP contribution in [0.2, 0.25) is 0 Å². The Kier molecular flexibility index (Phi) is 3.16. The largest absolute Gasteiger partial charge is 0.408 e. The summed E-state index contributed by atoms with van der Waals surface area (Å²) in [6, 6.07) is 0.324. The highest BCUT2D eigenvalue weighted by atomic mass is 16.4. The smallest absolute Gasteiger partial charge is 0.322 e. The molecule has 1 aliphatic rings. The van der Waals surface area contributed by atoms with Gasteiger partial charge in [0.1, 0.15) is 0 Å². The van der Waals surface area contributed by atoms with Gasteiger partial charge >= 0.3 is 6.01 Å². The van der Waals surface area contributed by atoms with Crippen molar-refractivity contribution < 1.29 is 9.21 Å². The van der Waals surface area contributed by atoms with Crippen LogP contribution in [0.15, 0.2) is 4.42 Å². The minimum Gasteiger partial charge on any atom is -0.408 e. The van der Waals surface area contributed by atoms with Gasteiger partial charge in [0.2, 0.25) is 11.8 Å². The lowest BCUT2D eigenvalue weighted by Gasteiger charge is -2.13. The van der Waals surface area contributed by atoms with Crippen molar-refractivity contribution in [3.05, 3.63) is 5.89 Å². The normalized spacial score (nSPS) is 21.2. The molecule has 16 heavy (non-hydrogen) atoms. The fraction of sp³-hybridized carbons (Fsp3) is 0.667. The van der Waals surface area contributed by atoms with Crippen LogP contribution in [-0.4, -0.2) is 46.7 Å². The zero-order valence-electron chi connectivity index (χ0n) is 9.14. The van der Waals surface area contributed by atoms with Crippen LogP contribution in [0.3, 0.4) is 0 Å². The Bertz CT molecular complexity index is 378. The van der Waals surface area contributed by atoms with Crippen LogP contribution in [0.4, 0.5) is 6.01 Å². The first-order valence-corrected chi connectivity index (χ1v) is 5.21. The molecule has 88 valence electrons. The second kappa shape index (κ2) is 4.58. The van der Waals surface area contributed by atoms with Crippen molar-refractivity contribution in [2.45, 2.75) is 19.4 Å². The van der Waals surface area contributed by atoms with E-state index >= 15 is 0 Å². The van der Waals surface area contributed by atoms with Crippen molar-refractivity contribution >= 4 is 11.9 Å². The molecule has 1 aromatic heterocycles. The van der Waals surface area contributed by atoms with Crippen LogP contribution < -0.4 is 11.1 Å². The molecule has 0 unspecified atom stereocenters. The molecule has 2 heterocycles. The van der Waals surface area contributed by atoms with Gasteiger partial charge in [-0.3, -0.25) is 15.0 Å². The molecule has 0 bridgehead atoms. The van der Waals surface area contributed by atoms with E-state index < -0.39 is 0 Å². The van der Waals surface area contributed by atoms with E-state index in [-0.39, 0.29) is 18.0 Å². The Hall–Kier alpha value is -1.47. The summed E-state index contributed by atoms with van der Waals surface area (Å²) in [6.45, 7) is 3.60. The highest BCUT2D eigenvalue weighted by Crippen LogP contribution is 2.07. The quantitative estimate of drug-likeness (QED) is 0.709. The molecule has 1 fully saturated rings. The number of rotatable bonds is 3. The zero-order valence-corrected chi connectivity index (χ0v) is 9.14. The van der Waals surface area contributed by atoms with Crippen molar-refractivity contribution in [2.24, 2.45) is 5.73 Å². The van der Waals surface area contributed by atoms with Gasteiger partial charge in [-0.15, -0.1) is 5.10 Å². The lowest BCUT2D eigenvalue weighted by molar-refractivity contribution is -0.117. The summed E-state index contributed by atoms with van der Waals surface area (Å²) in [4.78, 5) is 13.6. The van der Waals surface area contributed by atoms with Gasteiger partial charge in [-0.1, -0.05) is 5.10 Å². The molecule has 3 N–H and O–H groups in total. The molecule has 2 rings (SSSR count). The molecule has 0 aromatic carbocycles. The lowest BCUT2D eigenvalue weighted by atomic mass is 10.3. The number of aryl methyl sites for hydroxylation is 1. The third-order valence-corrected chi connectivity index (χ3v) is 2.45. The van der Waals surface area contributed by atoms with Crippen molar-refractivity contribution in [2.75, 3.05) is 25.0 Å². The van der Waals surface area contributed by atoms with Crippen LogP contribution >= 0.6 is 0 Å². The number of carbonyl (C=O) groups is 1. The lowest BCUT2D eigenvalue weighted by Crippen LogP contribution is -2.33. The zero-order chi connectivity index (χ0) is 11.5. The number of likely N-dealkylation sites (tertiary alicyclic amines) is 1. The number of amides is 1. The number of aromatic nitrogens is 2. The molecular formula is C9H15N5O2. The predicted molar refractivity (Wildman–Crippen MR) is 56.7 cm³/mol. The number of hydrogen-bond acceptors (Lipinski definition) is 6. The van der Waals surface area contributed by atoms with Crippen molar-refractivity contribution in [3.63, 3.8) is 0 Å². The van der Waals surface area contributed by atoms with Gasteiger partial charge in [0.05, 0.1) is 6.54 Å². The number of carbonyl (C=O) groups excluding carboxylic acids is 1. The third-order valence-electron chi connectivity index (χ3n) is 2.45. The van der Waals surface area contributed by atoms with Crippen molar-refractivity contribution in [1.82, 2.24) is 15.1 Å². The van der Waals surface area contributed by atoms with Gasteiger partial charge in [0, 0.05) is 26.1 Å². The summed E-state index contributed by atoms with van der Waals surface area (Å²) in [5, 5.41) is 9.84. The van der Waals surface area contributed by atoms with E-state index in [4.69, 9.17) is 10.2 Å². The summed E-state index contributed by atoms with van der Waals surface area (Å²) in [5.74, 6) is 0.274. The van der Waals surface area contributed by atoms with Gasteiger partial charge < -0.3 is 10.2 Å². The average molecular weight is 225 g/mol. The Morgan fingerprint density at radius 2 is 2.50 bits per heavy atom. The highest BCUT2D eigenvalue weighted by Gasteiger charge is 2.21. The number of nitrogens with one attached hydrogen (secondary N) is 1. The Morgan fingerprint density at radius 3 is 3.06 bits per heavy atom. The van der Waals surface area contributed by atoms with Crippen LogP contribution in [0.25, 0.3) is 0 Å². The molecule has 7 heteroatoms. The van der Waals surface area contributed by atoms with Crippen LogP contribution in [-0.2, 0) is 4.79 Å². The fourth-order valence-corrected chi connectivity index (χ4v) is 1.72. The van der Waals surface area contributed by atoms with Crippen LogP contribution in [0.1, 0.15) is 12.3 Å². The molecule has 1 aliphatic heterocycles. The highest BCUT2D eigenvalue weighted by molar-refractivity contribution is 5.90. The summed E-state index contributed by atoms with van der Waals surface area (Å²) >= 11 is 0. The number of hydrogen-bond donors (Lipinski definition) is 2. The second-order valence-corrected chi connectivity index (χ2v) is 3.96. The van der Waals surface area contributed by atoms with E-state index in [0.717, 1.165) is 19.5 Å². The van der Waals surface area contributed by atoms with Crippen LogP contribution in [0.5, 0.6) is 0 Å². The summed E-state index contributed by atoms with van der Waals surface area (Å²) in [7, 11) is 0. The van der Waals surface area contributed by atoms with Crippen molar-refractivity contribution in [1.29, 1.82) is 0 Å². The maximum Gasteiger partial charge on any atom is 0.322 e. The summed E-state index contributed by atoms with van der Waals surface area (Å²) < 4.78 is 5.04. The van der Waals surface area contributed by atoms with Gasteiger partial charge in [0.25, 0.3) is 0 Å². The van der Waals surface area contributed by atoms with Gasteiger partial charge in [-0.2, -0.15) is 0 Å². The van der Waals surface area contributed by atoms with E-state index in [1.807, 2.05) is 4.90 Å². The van der Waals surface area contributed by atoms with E-state index in [9.17, 15) is 4.79 Å². The summed E-state index contributed by atoms with van der Waals surface area (Å²) in [5.41, 5.74) is 5.74. The van der Waals surface area contributed by atoms with Gasteiger partial charge in [-0.05, 0) is 6.42 Å². The van der Waals surface area contributed by atoms with Crippen LogP contribution in [0, 0.1) is 6.92 Å². The summed E-state index contributed by atoms with van der Waals surface area (Å²) in [6.07, 6.45) is 0.937. The maximum absolute atomic E-state index is 11.6. The molecule has 0 aliphatic carbocycles. The monoisotopic (exact) mass is 225 g/mol. The molecule has 7 nitrogen and oxygen atoms in total. The minimum atomic E-state index is -0.155. The molecule has 1 saturated heterocycles. The minimum absolute atomic E-state index is 0.144. The maximum atomic E-state index is 11.6. The van der Waals surface area contributed by atoms with E-state index in [1.165, 1.54) is 0 Å². The first kappa shape index (κ1) is 11.0. The SMILES string of the molecule is Cc1nnc(NC(=O)CN2CC[C@@H](N)C2)o1. The van der Waals surface area contributed by atoms with Gasteiger partial charge in [-0.25, -0.2) is 0 Å². The molecular weight excluding hydrogens is 210 g/mol. The Balaban J connectivity index is 1.80. The first-order chi connectivity index (χ1) is 7.63. The number of nitrogens with zero attached hydrogens (tertiary/aromatic N) is 3.